The molecule has 0 aromatic heterocycles. The zero-order chi connectivity index (χ0) is 10.0. The van der Waals surface area contributed by atoms with Crippen LogP contribution < -0.4 is 0 Å². The van der Waals surface area contributed by atoms with Crippen molar-refractivity contribution >= 4 is 5.97 Å². The maximum absolute atomic E-state index is 10.3. The van der Waals surface area contributed by atoms with E-state index in [-0.39, 0.29) is 17.1 Å². The van der Waals surface area contributed by atoms with Crippen LogP contribution in [-0.2, 0) is 4.79 Å². The fraction of sp³-hybridized carbons (Fsp3) is 0.125. The van der Waals surface area contributed by atoms with Crippen molar-refractivity contribution in [1.82, 2.24) is 0 Å². The lowest BCUT2D eigenvalue weighted by molar-refractivity contribution is -0.146. The van der Waals surface area contributed by atoms with E-state index in [1.807, 2.05) is 0 Å². The molecular formula is C8H8O5. The number of hydrogen-bond donors (Lipinski definition) is 4. The van der Waals surface area contributed by atoms with Crippen molar-refractivity contribution in [2.45, 2.75) is 6.10 Å². The minimum Gasteiger partial charge on any atom is -0.508 e. The van der Waals surface area contributed by atoms with Gasteiger partial charge in [0.2, 0.25) is 0 Å². The second-order valence-electron chi connectivity index (χ2n) is 2.52. The van der Waals surface area contributed by atoms with Crippen molar-refractivity contribution in [2.75, 3.05) is 0 Å². The van der Waals surface area contributed by atoms with Crippen LogP contribution >= 0.6 is 0 Å². The SMILES string of the molecule is O=C(O)[C@H](O)c1cc(O)cc(O)c1. The van der Waals surface area contributed by atoms with Gasteiger partial charge in [-0.1, -0.05) is 0 Å². The number of carboxylic acid groups (broad SMARTS) is 1. The molecule has 0 radical (unpaired) electrons. The van der Waals surface area contributed by atoms with Gasteiger partial charge in [-0.05, 0) is 17.7 Å². The van der Waals surface area contributed by atoms with Crippen molar-refractivity contribution in [1.29, 1.82) is 0 Å². The lowest BCUT2D eigenvalue weighted by atomic mass is 10.1. The molecule has 1 rings (SSSR count). The van der Waals surface area contributed by atoms with Crippen molar-refractivity contribution < 1.29 is 25.2 Å². The van der Waals surface area contributed by atoms with E-state index in [2.05, 4.69) is 0 Å². The molecule has 5 heteroatoms. The third-order valence-electron chi connectivity index (χ3n) is 1.47. The van der Waals surface area contributed by atoms with E-state index >= 15 is 0 Å². The first-order valence-corrected chi connectivity index (χ1v) is 3.44. The highest BCUT2D eigenvalue weighted by Crippen LogP contribution is 2.24. The Labute approximate surface area is 73.5 Å². The average Bonchev–Trinajstić information content (AvgIpc) is 2.01. The quantitative estimate of drug-likeness (QED) is 0.527. The van der Waals surface area contributed by atoms with Gasteiger partial charge in [0.05, 0.1) is 0 Å². The summed E-state index contributed by atoms with van der Waals surface area (Å²) in [4.78, 5) is 10.3. The van der Waals surface area contributed by atoms with Crippen LogP contribution in [0.3, 0.4) is 0 Å². The van der Waals surface area contributed by atoms with E-state index in [9.17, 15) is 4.79 Å². The third-order valence-corrected chi connectivity index (χ3v) is 1.47. The Morgan fingerprint density at radius 1 is 1.15 bits per heavy atom. The van der Waals surface area contributed by atoms with E-state index in [1.54, 1.807) is 0 Å². The van der Waals surface area contributed by atoms with Gasteiger partial charge >= 0.3 is 5.97 Å². The highest BCUT2D eigenvalue weighted by Gasteiger charge is 2.16. The summed E-state index contributed by atoms with van der Waals surface area (Å²) in [7, 11) is 0. The Morgan fingerprint density at radius 3 is 2.00 bits per heavy atom. The summed E-state index contributed by atoms with van der Waals surface area (Å²) in [5, 5.41) is 35.3. The predicted octanol–water partition coefficient (Wildman–Crippen LogP) is 0.216. The number of hydrogen-bond acceptors (Lipinski definition) is 4. The van der Waals surface area contributed by atoms with Gasteiger partial charge in [-0.2, -0.15) is 0 Å². The predicted molar refractivity (Wildman–Crippen MR) is 42.4 cm³/mol. The van der Waals surface area contributed by atoms with E-state index in [0.29, 0.717) is 0 Å². The maximum Gasteiger partial charge on any atom is 0.337 e. The van der Waals surface area contributed by atoms with Gasteiger partial charge in [-0.25, -0.2) is 4.79 Å². The Morgan fingerprint density at radius 2 is 1.62 bits per heavy atom. The Bertz CT molecular complexity index is 313. The largest absolute Gasteiger partial charge is 0.508 e. The smallest absolute Gasteiger partial charge is 0.337 e. The average molecular weight is 184 g/mol. The van der Waals surface area contributed by atoms with Gasteiger partial charge in [0.25, 0.3) is 0 Å². The number of aromatic hydroxyl groups is 2. The van der Waals surface area contributed by atoms with Crippen LogP contribution in [0.5, 0.6) is 11.5 Å². The summed E-state index contributed by atoms with van der Waals surface area (Å²) >= 11 is 0. The first-order chi connectivity index (χ1) is 6.00. The number of rotatable bonds is 2. The molecule has 1 atom stereocenters. The molecule has 4 N–H and O–H groups in total. The summed E-state index contributed by atoms with van der Waals surface area (Å²) in [6.45, 7) is 0. The van der Waals surface area contributed by atoms with E-state index in [0.717, 1.165) is 18.2 Å². The number of carboxylic acids is 1. The number of aliphatic hydroxyl groups excluding tert-OH is 1. The molecule has 0 saturated carbocycles. The number of phenolic OH excluding ortho intramolecular Hbond substituents is 2. The molecule has 0 unspecified atom stereocenters. The molecule has 0 bridgehead atoms. The molecule has 1 aromatic rings. The summed E-state index contributed by atoms with van der Waals surface area (Å²) in [5.74, 6) is -2.03. The lowest BCUT2D eigenvalue weighted by Crippen LogP contribution is -2.09. The topological polar surface area (TPSA) is 98.0 Å². The van der Waals surface area contributed by atoms with Crippen LogP contribution in [0.2, 0.25) is 0 Å². The molecule has 5 nitrogen and oxygen atoms in total. The first-order valence-electron chi connectivity index (χ1n) is 3.44. The lowest BCUT2D eigenvalue weighted by Gasteiger charge is -2.06. The molecule has 0 amide bonds. The van der Waals surface area contributed by atoms with Crippen LogP contribution in [0.25, 0.3) is 0 Å². The fourth-order valence-corrected chi connectivity index (χ4v) is 0.918. The van der Waals surface area contributed by atoms with Gasteiger partial charge in [0.1, 0.15) is 11.5 Å². The minimum atomic E-state index is -1.74. The minimum absolute atomic E-state index is 0.0648. The van der Waals surface area contributed by atoms with Gasteiger partial charge < -0.3 is 20.4 Å². The molecule has 0 heterocycles. The number of benzene rings is 1. The number of carbonyl (C=O) groups is 1. The van der Waals surface area contributed by atoms with Crippen LogP contribution in [0.1, 0.15) is 11.7 Å². The molecule has 0 aliphatic rings. The van der Waals surface area contributed by atoms with Crippen LogP contribution in [-0.4, -0.2) is 26.4 Å². The normalized spacial score (nSPS) is 12.4. The molecule has 0 spiro atoms. The summed E-state index contributed by atoms with van der Waals surface area (Å²) in [6, 6.07) is 3.18. The molecule has 1 aromatic carbocycles. The number of aliphatic carboxylic acids is 1. The maximum atomic E-state index is 10.3. The van der Waals surface area contributed by atoms with Gasteiger partial charge in [-0.15, -0.1) is 0 Å². The van der Waals surface area contributed by atoms with Gasteiger partial charge in [0, 0.05) is 6.07 Å². The van der Waals surface area contributed by atoms with Crippen LogP contribution in [0.15, 0.2) is 18.2 Å². The van der Waals surface area contributed by atoms with Crippen molar-refractivity contribution in [3.63, 3.8) is 0 Å². The fourth-order valence-electron chi connectivity index (χ4n) is 0.918. The van der Waals surface area contributed by atoms with Crippen LogP contribution in [0, 0.1) is 0 Å². The first kappa shape index (κ1) is 9.34. The molecular weight excluding hydrogens is 176 g/mol. The van der Waals surface area contributed by atoms with Gasteiger partial charge in [0.15, 0.2) is 6.10 Å². The second kappa shape index (κ2) is 3.32. The highest BCUT2D eigenvalue weighted by molar-refractivity contribution is 5.74. The van der Waals surface area contributed by atoms with E-state index in [4.69, 9.17) is 20.4 Å². The molecule has 0 aliphatic carbocycles. The third kappa shape index (κ3) is 2.09. The Balaban J connectivity index is 3.07. The van der Waals surface area contributed by atoms with E-state index in [1.165, 1.54) is 0 Å². The molecule has 13 heavy (non-hydrogen) atoms. The van der Waals surface area contributed by atoms with E-state index < -0.39 is 12.1 Å². The van der Waals surface area contributed by atoms with Crippen molar-refractivity contribution in [3.05, 3.63) is 23.8 Å². The number of phenols is 2. The summed E-state index contributed by atoms with van der Waals surface area (Å²) < 4.78 is 0. The molecule has 0 aliphatic heterocycles. The number of aliphatic hydroxyl groups is 1. The zero-order valence-electron chi connectivity index (χ0n) is 6.51. The monoisotopic (exact) mass is 184 g/mol. The van der Waals surface area contributed by atoms with Crippen molar-refractivity contribution in [2.24, 2.45) is 0 Å². The van der Waals surface area contributed by atoms with Crippen LogP contribution in [0.4, 0.5) is 0 Å². The molecule has 70 valence electrons. The van der Waals surface area contributed by atoms with Crippen molar-refractivity contribution in [3.8, 4) is 11.5 Å². The zero-order valence-corrected chi connectivity index (χ0v) is 6.51. The summed E-state index contributed by atoms with van der Waals surface area (Å²) in [5.41, 5.74) is -0.0648. The Hall–Kier alpha value is -1.75. The second-order valence-corrected chi connectivity index (χ2v) is 2.52. The standard InChI is InChI=1S/C8H8O5/c9-5-1-4(2-6(10)3-5)7(11)8(12)13/h1-3,7,9-11H,(H,12,13)/t7-/m1/s1. The molecule has 0 saturated heterocycles. The highest BCUT2D eigenvalue weighted by atomic mass is 16.4. The molecule has 0 fully saturated rings. The summed E-state index contributed by atoms with van der Waals surface area (Å²) in [6.07, 6.45) is -1.74. The Kier molecular flexibility index (Phi) is 2.39. The van der Waals surface area contributed by atoms with Gasteiger partial charge in [-0.3, -0.25) is 0 Å².